The summed E-state index contributed by atoms with van der Waals surface area (Å²) < 4.78 is 5.74. The molecule has 4 aliphatic rings. The normalized spacial score (nSPS) is 22.7. The van der Waals surface area contributed by atoms with Crippen molar-refractivity contribution in [3.63, 3.8) is 0 Å². The molecule has 3 heterocycles. The van der Waals surface area contributed by atoms with E-state index >= 15 is 0 Å². The van der Waals surface area contributed by atoms with Crippen LogP contribution in [0.1, 0.15) is 49.0 Å². The Bertz CT molecular complexity index is 1440. The minimum atomic E-state index is -0.534. The van der Waals surface area contributed by atoms with Gasteiger partial charge in [-0.15, -0.1) is 0 Å². The van der Waals surface area contributed by atoms with E-state index in [1.807, 2.05) is 22.8 Å². The van der Waals surface area contributed by atoms with Crippen LogP contribution in [0.2, 0.25) is 0 Å². The molecular formula is C30H31N3O3. The van der Waals surface area contributed by atoms with Crippen LogP contribution in [-0.4, -0.2) is 52.6 Å². The maximum atomic E-state index is 13.4. The third-order valence-corrected chi connectivity index (χ3v) is 8.34. The molecule has 6 heteroatoms. The van der Waals surface area contributed by atoms with Crippen LogP contribution in [0.4, 0.5) is 0 Å². The minimum Gasteiger partial charge on any atom is -0.461 e. The Morgan fingerprint density at radius 2 is 1.86 bits per heavy atom. The zero-order valence-corrected chi connectivity index (χ0v) is 20.9. The van der Waals surface area contributed by atoms with E-state index in [1.165, 1.54) is 5.56 Å². The first kappa shape index (κ1) is 21.8. The van der Waals surface area contributed by atoms with Crippen molar-refractivity contribution in [3.8, 4) is 11.1 Å². The number of furan rings is 1. The highest BCUT2D eigenvalue weighted by Gasteiger charge is 2.57. The van der Waals surface area contributed by atoms with Gasteiger partial charge in [-0.05, 0) is 92.8 Å². The van der Waals surface area contributed by atoms with Gasteiger partial charge in [0.1, 0.15) is 22.7 Å². The summed E-state index contributed by atoms with van der Waals surface area (Å²) in [6, 6.07) is 14.8. The van der Waals surface area contributed by atoms with Gasteiger partial charge in [-0.3, -0.25) is 19.5 Å². The molecule has 184 valence electrons. The summed E-state index contributed by atoms with van der Waals surface area (Å²) in [5.74, 6) is 2.74. The first-order valence-corrected chi connectivity index (χ1v) is 13.2. The summed E-state index contributed by atoms with van der Waals surface area (Å²) in [6.07, 6.45) is 4.70. The number of nitrogens with zero attached hydrogens (tertiary/aromatic N) is 3. The van der Waals surface area contributed by atoms with E-state index in [2.05, 4.69) is 43.3 Å². The Hall–Kier alpha value is -3.41. The number of hydrogen-bond acceptors (Lipinski definition) is 4. The van der Waals surface area contributed by atoms with E-state index in [9.17, 15) is 9.59 Å². The van der Waals surface area contributed by atoms with Crippen LogP contribution in [0.15, 0.2) is 51.9 Å². The number of benzene rings is 2. The maximum absolute atomic E-state index is 13.4. The van der Waals surface area contributed by atoms with Crippen molar-refractivity contribution < 1.29 is 14.0 Å². The largest absolute Gasteiger partial charge is 0.461 e. The molecule has 1 unspecified atom stereocenters. The molecule has 0 N–H and O–H groups in total. The number of aliphatic imine (C=N–C) groups is 1. The average Bonchev–Trinajstić information content (AvgIpc) is 3.76. The van der Waals surface area contributed by atoms with Crippen LogP contribution in [0.5, 0.6) is 0 Å². The Morgan fingerprint density at radius 1 is 1.06 bits per heavy atom. The smallest absolute Gasteiger partial charge is 0.256 e. The number of fused-ring (bicyclic) bond motifs is 1. The molecule has 3 aromatic rings. The first-order chi connectivity index (χ1) is 17.4. The molecule has 1 spiro atoms. The van der Waals surface area contributed by atoms with Crippen molar-refractivity contribution in [2.45, 2.75) is 51.5 Å². The third kappa shape index (κ3) is 3.57. The van der Waals surface area contributed by atoms with Gasteiger partial charge >= 0.3 is 0 Å². The number of amides is 2. The van der Waals surface area contributed by atoms with Gasteiger partial charge in [-0.2, -0.15) is 0 Å². The second-order valence-corrected chi connectivity index (χ2v) is 11.2. The number of carbonyl (C=O) groups excluding carboxylic acids is 2. The van der Waals surface area contributed by atoms with Crippen molar-refractivity contribution in [2.75, 3.05) is 19.6 Å². The van der Waals surface area contributed by atoms with Crippen LogP contribution in [0, 0.1) is 25.7 Å². The maximum Gasteiger partial charge on any atom is 0.256 e. The predicted molar refractivity (Wildman–Crippen MR) is 139 cm³/mol. The summed E-state index contributed by atoms with van der Waals surface area (Å²) in [6.45, 7) is 6.30. The lowest BCUT2D eigenvalue weighted by atomic mass is 9.97. The molecule has 2 amide bonds. The van der Waals surface area contributed by atoms with Crippen LogP contribution in [-0.2, 0) is 9.59 Å². The minimum absolute atomic E-state index is 0.145. The molecule has 6 nitrogen and oxygen atoms in total. The zero-order valence-electron chi connectivity index (χ0n) is 20.9. The third-order valence-electron chi connectivity index (χ3n) is 8.34. The number of amidine groups is 1. The second kappa shape index (κ2) is 7.79. The van der Waals surface area contributed by atoms with Gasteiger partial charge in [0.2, 0.25) is 5.91 Å². The highest BCUT2D eigenvalue weighted by molar-refractivity contribution is 6.16. The van der Waals surface area contributed by atoms with E-state index in [1.54, 1.807) is 0 Å². The van der Waals surface area contributed by atoms with Crippen LogP contribution < -0.4 is 0 Å². The lowest BCUT2D eigenvalue weighted by molar-refractivity contribution is -0.131. The fraction of sp³-hybridized carbons (Fsp3) is 0.433. The molecule has 0 bridgehead atoms. The van der Waals surface area contributed by atoms with Crippen LogP contribution in [0.3, 0.4) is 0 Å². The number of hydrogen-bond donors (Lipinski definition) is 0. The fourth-order valence-electron chi connectivity index (χ4n) is 5.99. The van der Waals surface area contributed by atoms with Crippen molar-refractivity contribution in [1.82, 2.24) is 9.80 Å². The van der Waals surface area contributed by atoms with E-state index in [-0.39, 0.29) is 11.8 Å². The van der Waals surface area contributed by atoms with Crippen molar-refractivity contribution in [3.05, 3.63) is 59.4 Å². The number of likely N-dealkylation sites (tertiary alicyclic amines) is 1. The summed E-state index contributed by atoms with van der Waals surface area (Å²) in [7, 11) is 0. The Labute approximate surface area is 211 Å². The zero-order chi connectivity index (χ0) is 24.6. The molecule has 2 saturated carbocycles. The van der Waals surface area contributed by atoms with Gasteiger partial charge in [-0.1, -0.05) is 18.2 Å². The molecule has 7 rings (SSSR count). The second-order valence-electron chi connectivity index (χ2n) is 11.2. The summed E-state index contributed by atoms with van der Waals surface area (Å²) in [5, 5.41) is 1.10. The standard InChI is InChI=1S/C30H31N3O3/c1-18-13-23(5-7-25(18)22-6-8-26-24(15-22)14-19(2)36-26)27-31-30(10-11-30)29(35)33(27)17-20-9-12-32(16-20)28(34)21-3-4-21/h5-8,13-15,20-21H,3-4,9-12,16-17H2,1-2H3. The van der Waals surface area contributed by atoms with Crippen LogP contribution >= 0.6 is 0 Å². The SMILES string of the molecule is Cc1cc2cc(-c3ccc(C4=NC5(CC5)C(=O)N4CC4CCN(C(=O)C5CC5)C4)cc3C)ccc2o1. The number of carbonyl (C=O) groups is 2. The molecule has 1 atom stereocenters. The number of rotatable bonds is 5. The Kier molecular flexibility index (Phi) is 4.73. The van der Waals surface area contributed by atoms with Gasteiger partial charge in [-0.25, -0.2) is 0 Å². The molecule has 2 aliphatic heterocycles. The van der Waals surface area contributed by atoms with Gasteiger partial charge in [0.25, 0.3) is 5.91 Å². The quantitative estimate of drug-likeness (QED) is 0.509. The summed E-state index contributed by atoms with van der Waals surface area (Å²) >= 11 is 0. The molecule has 1 saturated heterocycles. The lowest BCUT2D eigenvalue weighted by Crippen LogP contribution is -2.41. The Balaban J connectivity index is 1.15. The molecular weight excluding hydrogens is 450 g/mol. The van der Waals surface area contributed by atoms with Crippen molar-refractivity contribution in [2.24, 2.45) is 16.8 Å². The molecule has 36 heavy (non-hydrogen) atoms. The monoisotopic (exact) mass is 481 g/mol. The van der Waals surface area contributed by atoms with E-state index in [0.717, 1.165) is 84.4 Å². The number of aryl methyl sites for hydroxylation is 2. The van der Waals surface area contributed by atoms with Crippen molar-refractivity contribution in [1.29, 1.82) is 0 Å². The summed E-state index contributed by atoms with van der Waals surface area (Å²) in [4.78, 5) is 34.9. The van der Waals surface area contributed by atoms with Gasteiger partial charge < -0.3 is 9.32 Å². The Morgan fingerprint density at radius 3 is 2.61 bits per heavy atom. The van der Waals surface area contributed by atoms with Gasteiger partial charge in [0.15, 0.2) is 0 Å². The highest BCUT2D eigenvalue weighted by atomic mass is 16.3. The summed E-state index contributed by atoms with van der Waals surface area (Å²) in [5.41, 5.74) is 4.84. The van der Waals surface area contributed by atoms with Crippen LogP contribution in [0.25, 0.3) is 22.1 Å². The lowest BCUT2D eigenvalue weighted by Gasteiger charge is -2.24. The molecule has 1 aromatic heterocycles. The first-order valence-electron chi connectivity index (χ1n) is 13.2. The van der Waals surface area contributed by atoms with Gasteiger partial charge in [0.05, 0.1) is 0 Å². The molecule has 3 fully saturated rings. The average molecular weight is 482 g/mol. The van der Waals surface area contributed by atoms with E-state index in [4.69, 9.17) is 9.41 Å². The van der Waals surface area contributed by atoms with E-state index in [0.29, 0.717) is 18.4 Å². The topological polar surface area (TPSA) is 66.1 Å². The predicted octanol–water partition coefficient (Wildman–Crippen LogP) is 5.10. The van der Waals surface area contributed by atoms with E-state index < -0.39 is 5.54 Å². The molecule has 2 aromatic carbocycles. The fourth-order valence-corrected chi connectivity index (χ4v) is 5.99. The van der Waals surface area contributed by atoms with Gasteiger partial charge in [0, 0.05) is 36.5 Å². The molecule has 0 radical (unpaired) electrons. The van der Waals surface area contributed by atoms with Crippen molar-refractivity contribution >= 4 is 28.6 Å². The molecule has 2 aliphatic carbocycles. The highest BCUT2D eigenvalue weighted by Crippen LogP contribution is 2.46.